The van der Waals surface area contributed by atoms with Gasteiger partial charge in [0, 0.05) is 18.7 Å². The Morgan fingerprint density at radius 2 is 1.40 bits per heavy atom. The van der Waals surface area contributed by atoms with E-state index in [-0.39, 0.29) is 27.5 Å². The van der Waals surface area contributed by atoms with Gasteiger partial charge in [-0.3, -0.25) is 4.57 Å². The Hall–Kier alpha value is -4.14. The summed E-state index contributed by atoms with van der Waals surface area (Å²) >= 11 is 0. The summed E-state index contributed by atoms with van der Waals surface area (Å²) in [5.41, 5.74) is 11.5. The molecule has 3 aromatic carbocycles. The standard InChI is InChI=1S/C52H80N6O7Si3/c1-50(2,3)66(10,11)62-34-42-44(64-67(12,13)51(4,5)6)45(65-68(14,15)52(7,8)9)48(63-42)58-47-43(46(53)55-35-56-47)57-49(58)54-32-37-26-27-40(41(30-37)60-29-20-19-28-59)38-24-21-25-39(31-38)61-33-36-22-17-16-18-23-36/h16-18,21-27,30-31,35,42,44-45,48,59H,19-20,28-29,32-34H2,1-15H3,(H,54,57)(H2,53,55,56)/t42-,44-,45-,48-/m1/s1. The van der Waals surface area contributed by atoms with Gasteiger partial charge in [0.05, 0.1) is 13.2 Å². The normalized spacial score (nSPS) is 18.6. The number of rotatable bonds is 20. The van der Waals surface area contributed by atoms with Gasteiger partial charge in [0.15, 0.2) is 48.2 Å². The Labute approximate surface area is 409 Å². The minimum atomic E-state index is -2.48. The lowest BCUT2D eigenvalue weighted by Crippen LogP contribution is -2.54. The number of hydrogen-bond acceptors (Lipinski definition) is 12. The monoisotopic (exact) mass is 985 g/mol. The quantitative estimate of drug-likeness (QED) is 0.0502. The van der Waals surface area contributed by atoms with E-state index in [2.05, 4.69) is 148 Å². The largest absolute Gasteiger partial charge is 0.493 e. The van der Waals surface area contributed by atoms with Crippen molar-refractivity contribution in [3.8, 4) is 22.6 Å². The van der Waals surface area contributed by atoms with Crippen molar-refractivity contribution < 1.29 is 32.6 Å². The van der Waals surface area contributed by atoms with E-state index in [0.29, 0.717) is 56.3 Å². The molecule has 0 spiro atoms. The number of aromatic nitrogens is 4. The van der Waals surface area contributed by atoms with Crippen LogP contribution in [0.15, 0.2) is 79.1 Å². The molecule has 1 saturated heterocycles. The summed E-state index contributed by atoms with van der Waals surface area (Å²) in [5, 5.41) is 13.0. The summed E-state index contributed by atoms with van der Waals surface area (Å²) in [6.45, 7) is 35.8. The molecule has 372 valence electrons. The summed E-state index contributed by atoms with van der Waals surface area (Å²) in [5.74, 6) is 2.26. The highest BCUT2D eigenvalue weighted by molar-refractivity contribution is 6.75. The molecule has 1 fully saturated rings. The molecule has 0 bridgehead atoms. The fourth-order valence-corrected chi connectivity index (χ4v) is 10.9. The lowest BCUT2D eigenvalue weighted by Gasteiger charge is -2.44. The van der Waals surface area contributed by atoms with Gasteiger partial charge in [-0.2, -0.15) is 0 Å². The van der Waals surface area contributed by atoms with Crippen molar-refractivity contribution in [3.63, 3.8) is 0 Å². The average molecular weight is 986 g/mol. The van der Waals surface area contributed by atoms with Crippen molar-refractivity contribution in [2.75, 3.05) is 30.9 Å². The number of aliphatic hydroxyl groups is 1. The van der Waals surface area contributed by atoms with E-state index in [0.717, 1.165) is 33.8 Å². The van der Waals surface area contributed by atoms with Crippen LogP contribution in [0.4, 0.5) is 11.8 Å². The molecule has 0 aliphatic carbocycles. The molecule has 4 N–H and O–H groups in total. The number of aliphatic hydroxyl groups excluding tert-OH is 1. The fraction of sp³-hybridized carbons (Fsp3) is 0.558. The second kappa shape index (κ2) is 21.1. The third-order valence-electron chi connectivity index (χ3n) is 14.6. The molecule has 0 radical (unpaired) electrons. The van der Waals surface area contributed by atoms with Crippen molar-refractivity contribution >= 4 is 47.9 Å². The minimum Gasteiger partial charge on any atom is -0.493 e. The molecule has 4 atom stereocenters. The number of nitrogens with zero attached hydrogens (tertiary/aromatic N) is 4. The number of fused-ring (bicyclic) bond motifs is 1. The maximum atomic E-state index is 9.53. The van der Waals surface area contributed by atoms with E-state index in [1.165, 1.54) is 6.33 Å². The number of nitrogens with two attached hydrogens (primary N) is 1. The van der Waals surface area contributed by atoms with Crippen LogP contribution < -0.4 is 20.5 Å². The average Bonchev–Trinajstić information content (AvgIpc) is 3.79. The second-order valence-electron chi connectivity index (χ2n) is 22.8. The molecule has 0 saturated carbocycles. The number of nitrogen functional groups attached to an aromatic ring is 1. The van der Waals surface area contributed by atoms with Gasteiger partial charge in [-0.15, -0.1) is 0 Å². The number of anilines is 2. The van der Waals surface area contributed by atoms with Gasteiger partial charge in [0.1, 0.15) is 42.7 Å². The highest BCUT2D eigenvalue weighted by Crippen LogP contribution is 2.48. The van der Waals surface area contributed by atoms with Crippen molar-refractivity contribution in [2.45, 2.75) is 167 Å². The van der Waals surface area contributed by atoms with E-state index in [1.807, 2.05) is 41.0 Å². The zero-order chi connectivity index (χ0) is 49.9. The van der Waals surface area contributed by atoms with Gasteiger partial charge in [-0.05, 0) is 102 Å². The van der Waals surface area contributed by atoms with E-state index >= 15 is 0 Å². The van der Waals surface area contributed by atoms with E-state index in [9.17, 15) is 5.11 Å². The molecule has 68 heavy (non-hydrogen) atoms. The van der Waals surface area contributed by atoms with Crippen LogP contribution in [0.5, 0.6) is 11.5 Å². The number of hydrogen-bond donors (Lipinski definition) is 3. The summed E-state index contributed by atoms with van der Waals surface area (Å²) in [6, 6.07) is 24.4. The zero-order valence-electron chi connectivity index (χ0n) is 43.5. The van der Waals surface area contributed by atoms with Crippen LogP contribution in [0.25, 0.3) is 22.3 Å². The molecular formula is C52H80N6O7Si3. The molecule has 2 aromatic heterocycles. The number of nitrogens with one attached hydrogen (secondary N) is 1. The lowest BCUT2D eigenvalue weighted by molar-refractivity contribution is -0.0461. The summed E-state index contributed by atoms with van der Waals surface area (Å²) < 4.78 is 44.0. The van der Waals surface area contributed by atoms with Crippen LogP contribution in [0.1, 0.15) is 92.5 Å². The molecule has 1 aliphatic rings. The van der Waals surface area contributed by atoms with Crippen molar-refractivity contribution in [1.29, 1.82) is 0 Å². The van der Waals surface area contributed by atoms with Crippen molar-refractivity contribution in [2.24, 2.45) is 0 Å². The highest BCUT2D eigenvalue weighted by atomic mass is 28.4. The zero-order valence-corrected chi connectivity index (χ0v) is 46.5. The van der Waals surface area contributed by atoms with Crippen LogP contribution in [0.3, 0.4) is 0 Å². The predicted molar refractivity (Wildman–Crippen MR) is 283 cm³/mol. The first-order chi connectivity index (χ1) is 31.7. The lowest BCUT2D eigenvalue weighted by atomic mass is 10.0. The smallest absolute Gasteiger partial charge is 0.207 e. The molecule has 0 amide bonds. The minimum absolute atomic E-state index is 0.00652. The first-order valence-corrected chi connectivity index (χ1v) is 33.0. The van der Waals surface area contributed by atoms with Crippen molar-refractivity contribution in [3.05, 3.63) is 90.3 Å². The highest BCUT2D eigenvalue weighted by Gasteiger charge is 2.55. The Kier molecular flexibility index (Phi) is 16.5. The van der Waals surface area contributed by atoms with Gasteiger partial charge >= 0.3 is 0 Å². The van der Waals surface area contributed by atoms with Crippen LogP contribution >= 0.6 is 0 Å². The van der Waals surface area contributed by atoms with E-state index in [4.69, 9.17) is 43.2 Å². The molecule has 5 aromatic rings. The Bertz CT molecular complexity index is 2450. The van der Waals surface area contributed by atoms with E-state index in [1.54, 1.807) is 0 Å². The molecule has 13 nitrogen and oxygen atoms in total. The molecule has 6 rings (SSSR count). The van der Waals surface area contributed by atoms with Gasteiger partial charge in [-0.1, -0.05) is 117 Å². The maximum Gasteiger partial charge on any atom is 0.207 e. The topological polar surface area (TPSA) is 157 Å². The van der Waals surface area contributed by atoms with Crippen LogP contribution in [0.2, 0.25) is 54.4 Å². The van der Waals surface area contributed by atoms with E-state index < -0.39 is 49.5 Å². The van der Waals surface area contributed by atoms with Gasteiger partial charge in [-0.25, -0.2) is 15.0 Å². The molecule has 3 heterocycles. The van der Waals surface area contributed by atoms with Gasteiger partial charge < -0.3 is 43.6 Å². The Balaban J connectivity index is 1.40. The van der Waals surface area contributed by atoms with Crippen LogP contribution in [-0.2, 0) is 31.2 Å². The van der Waals surface area contributed by atoms with Crippen LogP contribution in [-0.4, -0.2) is 87.7 Å². The predicted octanol–water partition coefficient (Wildman–Crippen LogP) is 12.1. The first kappa shape index (κ1) is 53.2. The summed E-state index contributed by atoms with van der Waals surface area (Å²) in [6.07, 6.45) is 0.673. The Morgan fingerprint density at radius 1 is 0.735 bits per heavy atom. The first-order valence-electron chi connectivity index (χ1n) is 24.2. The summed E-state index contributed by atoms with van der Waals surface area (Å²) in [7, 11) is -7.10. The SMILES string of the molecule is CC(C)(C)[Si](C)(C)OC[C@H]1O[C@@H](n2c(NCc3ccc(-c4cccc(OCc5ccccc5)c4)c(OCCCCO)c3)nc3c(N)ncnc32)[C@H](O[Si](C)(C)C(C)(C)C)[C@@H]1O[Si](C)(C)C(C)(C)C. The third kappa shape index (κ3) is 12.4. The number of ether oxygens (including phenoxy) is 3. The summed E-state index contributed by atoms with van der Waals surface area (Å²) in [4.78, 5) is 14.3. The number of benzene rings is 3. The molecular weight excluding hydrogens is 905 g/mol. The third-order valence-corrected chi connectivity index (χ3v) is 28.1. The maximum absolute atomic E-state index is 9.53. The fourth-order valence-electron chi connectivity index (χ4n) is 7.26. The Morgan fingerprint density at radius 3 is 2.04 bits per heavy atom. The van der Waals surface area contributed by atoms with Gasteiger partial charge in [0.2, 0.25) is 5.95 Å². The number of imidazole rings is 1. The number of unbranched alkanes of at least 4 members (excludes halogenated alkanes) is 1. The molecule has 0 unspecified atom stereocenters. The molecule has 16 heteroatoms. The molecule has 1 aliphatic heterocycles. The van der Waals surface area contributed by atoms with Crippen LogP contribution in [0, 0.1) is 0 Å². The van der Waals surface area contributed by atoms with Crippen molar-refractivity contribution in [1.82, 2.24) is 19.5 Å². The second-order valence-corrected chi connectivity index (χ2v) is 37.1. The van der Waals surface area contributed by atoms with Gasteiger partial charge in [0.25, 0.3) is 0 Å².